The molecule has 0 amide bonds. The van der Waals surface area contributed by atoms with Gasteiger partial charge in [-0.25, -0.2) is 4.79 Å². The lowest BCUT2D eigenvalue weighted by atomic mass is 10.2. The molecule has 0 aromatic carbocycles. The van der Waals surface area contributed by atoms with Gasteiger partial charge in [0.05, 0.1) is 6.26 Å². The summed E-state index contributed by atoms with van der Waals surface area (Å²) in [6.07, 6.45) is -0.994. The van der Waals surface area contributed by atoms with Gasteiger partial charge >= 0.3 is 17.9 Å². The summed E-state index contributed by atoms with van der Waals surface area (Å²) in [7, 11) is 0. The Kier molecular flexibility index (Phi) is 7.07. The van der Waals surface area contributed by atoms with Crippen molar-refractivity contribution in [1.82, 2.24) is 0 Å². The minimum Gasteiger partial charge on any atom is -0.505 e. The quantitative estimate of drug-likeness (QED) is 0.237. The smallest absolute Gasteiger partial charge is 0.377 e. The number of esters is 3. The summed E-state index contributed by atoms with van der Waals surface area (Å²) in [4.78, 5) is 33.4. The Labute approximate surface area is 131 Å². The Balaban J connectivity index is 2.22. The molecule has 3 N–H and O–H groups in total. The summed E-state index contributed by atoms with van der Waals surface area (Å²) in [5.41, 5.74) is 0. The lowest BCUT2D eigenvalue weighted by molar-refractivity contribution is -0.154. The second-order valence-corrected chi connectivity index (χ2v) is 4.67. The van der Waals surface area contributed by atoms with Crippen LogP contribution in [0.1, 0.15) is 25.7 Å². The largest absolute Gasteiger partial charge is 0.505 e. The molecule has 0 saturated heterocycles. The summed E-state index contributed by atoms with van der Waals surface area (Å²) in [5, 5.41) is 28.1. The maximum atomic E-state index is 11.4. The van der Waals surface area contributed by atoms with Gasteiger partial charge in [-0.05, 0) is 12.8 Å². The normalized spacial score (nSPS) is 18.3. The average molecular weight is 330 g/mol. The molecule has 0 bridgehead atoms. The summed E-state index contributed by atoms with van der Waals surface area (Å²) >= 11 is 0. The Morgan fingerprint density at radius 3 is 2.39 bits per heavy atom. The molecule has 0 radical (unpaired) electrons. The van der Waals surface area contributed by atoms with Crippen molar-refractivity contribution >= 4 is 17.9 Å². The van der Waals surface area contributed by atoms with E-state index in [1.54, 1.807) is 0 Å². The highest BCUT2D eigenvalue weighted by Gasteiger charge is 2.39. The van der Waals surface area contributed by atoms with Crippen molar-refractivity contribution in [1.29, 1.82) is 0 Å². The predicted molar refractivity (Wildman–Crippen MR) is 73.9 cm³/mol. The number of ether oxygens (including phenoxy) is 3. The van der Waals surface area contributed by atoms with Crippen LogP contribution in [-0.2, 0) is 28.6 Å². The van der Waals surface area contributed by atoms with Crippen LogP contribution < -0.4 is 0 Å². The second-order valence-electron chi connectivity index (χ2n) is 4.67. The fourth-order valence-electron chi connectivity index (χ4n) is 1.76. The van der Waals surface area contributed by atoms with Gasteiger partial charge in [-0.3, -0.25) is 9.59 Å². The van der Waals surface area contributed by atoms with E-state index in [0.29, 0.717) is 12.8 Å². The van der Waals surface area contributed by atoms with Crippen LogP contribution in [0.5, 0.6) is 0 Å². The molecule has 128 valence electrons. The fraction of sp³-hybridized carbons (Fsp3) is 0.500. The monoisotopic (exact) mass is 330 g/mol. The van der Waals surface area contributed by atoms with E-state index in [4.69, 9.17) is 9.84 Å². The highest BCUT2D eigenvalue weighted by Crippen LogP contribution is 2.21. The summed E-state index contributed by atoms with van der Waals surface area (Å²) in [6.45, 7) is 2.72. The topological polar surface area (TPSA) is 140 Å². The van der Waals surface area contributed by atoms with E-state index in [0.717, 1.165) is 6.26 Å². The van der Waals surface area contributed by atoms with Crippen LogP contribution >= 0.6 is 0 Å². The van der Waals surface area contributed by atoms with E-state index in [1.165, 1.54) is 0 Å². The number of aliphatic hydroxyl groups is 3. The van der Waals surface area contributed by atoms with Crippen LogP contribution in [-0.4, -0.2) is 52.0 Å². The summed E-state index contributed by atoms with van der Waals surface area (Å²) < 4.78 is 13.8. The molecule has 2 unspecified atom stereocenters. The van der Waals surface area contributed by atoms with Gasteiger partial charge < -0.3 is 29.5 Å². The molecule has 2 atom stereocenters. The standard InChI is InChI=1S/C14H18O9/c1-2-21-9(16)5-3-4-6-10(17)22-7-8(15)13-11(18)12(19)14(20)23-13/h2,8,13,15,18-19H,1,3-7H2. The van der Waals surface area contributed by atoms with E-state index in [1.807, 2.05) is 0 Å². The zero-order chi connectivity index (χ0) is 17.4. The number of carbonyl (C=O) groups excluding carboxylic acids is 3. The first kappa shape index (κ1) is 18.5. The summed E-state index contributed by atoms with van der Waals surface area (Å²) in [6, 6.07) is 0. The number of rotatable bonds is 9. The van der Waals surface area contributed by atoms with Crippen molar-refractivity contribution in [2.24, 2.45) is 0 Å². The number of hydrogen-bond donors (Lipinski definition) is 3. The van der Waals surface area contributed by atoms with E-state index >= 15 is 0 Å². The van der Waals surface area contributed by atoms with Crippen LogP contribution in [0, 0.1) is 0 Å². The SMILES string of the molecule is C=COC(=O)CCCCC(=O)OCC(O)C1OC(=O)C(O)=C1O. The third-order valence-corrected chi connectivity index (χ3v) is 2.93. The maximum absolute atomic E-state index is 11.4. The Bertz CT molecular complexity index is 508. The first-order chi connectivity index (χ1) is 10.9. The highest BCUT2D eigenvalue weighted by molar-refractivity contribution is 5.89. The molecule has 1 aliphatic rings. The molecule has 0 aromatic rings. The molecule has 0 saturated carbocycles. The van der Waals surface area contributed by atoms with Gasteiger partial charge in [0.15, 0.2) is 11.9 Å². The highest BCUT2D eigenvalue weighted by atomic mass is 16.6. The van der Waals surface area contributed by atoms with Crippen LogP contribution in [0.3, 0.4) is 0 Å². The lowest BCUT2D eigenvalue weighted by Gasteiger charge is -2.17. The summed E-state index contributed by atoms with van der Waals surface area (Å²) in [5.74, 6) is -4.03. The first-order valence-corrected chi connectivity index (χ1v) is 6.84. The number of hydrogen-bond acceptors (Lipinski definition) is 9. The van der Waals surface area contributed by atoms with Gasteiger partial charge in [-0.1, -0.05) is 6.58 Å². The third-order valence-electron chi connectivity index (χ3n) is 2.93. The predicted octanol–water partition coefficient (Wildman–Crippen LogP) is 0.391. The third kappa shape index (κ3) is 5.62. The molecule has 23 heavy (non-hydrogen) atoms. The Morgan fingerprint density at radius 1 is 1.26 bits per heavy atom. The minimum atomic E-state index is -1.50. The zero-order valence-electron chi connectivity index (χ0n) is 12.3. The van der Waals surface area contributed by atoms with E-state index in [-0.39, 0.29) is 12.8 Å². The zero-order valence-corrected chi connectivity index (χ0v) is 12.3. The van der Waals surface area contributed by atoms with Gasteiger partial charge in [-0.2, -0.15) is 0 Å². The molecule has 1 heterocycles. The molecule has 0 aliphatic carbocycles. The van der Waals surface area contributed by atoms with Gasteiger partial charge in [0.2, 0.25) is 5.76 Å². The van der Waals surface area contributed by atoms with Crippen molar-refractivity contribution in [2.45, 2.75) is 37.9 Å². The Morgan fingerprint density at radius 2 is 1.87 bits per heavy atom. The van der Waals surface area contributed by atoms with E-state index < -0.39 is 48.2 Å². The van der Waals surface area contributed by atoms with Crippen molar-refractivity contribution in [2.75, 3.05) is 6.61 Å². The number of unbranched alkanes of at least 4 members (excludes halogenated alkanes) is 1. The minimum absolute atomic E-state index is 0.0195. The van der Waals surface area contributed by atoms with Crippen molar-refractivity contribution in [3.63, 3.8) is 0 Å². The first-order valence-electron chi connectivity index (χ1n) is 6.84. The van der Waals surface area contributed by atoms with Gasteiger partial charge in [0, 0.05) is 12.8 Å². The van der Waals surface area contributed by atoms with Gasteiger partial charge in [0.25, 0.3) is 0 Å². The van der Waals surface area contributed by atoms with Gasteiger partial charge in [-0.15, -0.1) is 0 Å². The fourth-order valence-corrected chi connectivity index (χ4v) is 1.76. The van der Waals surface area contributed by atoms with Crippen LogP contribution in [0.4, 0.5) is 0 Å². The number of carbonyl (C=O) groups is 3. The van der Waals surface area contributed by atoms with Crippen LogP contribution in [0.25, 0.3) is 0 Å². The second kappa shape index (κ2) is 8.79. The Hall–Kier alpha value is -2.55. The van der Waals surface area contributed by atoms with Crippen molar-refractivity contribution in [3.8, 4) is 0 Å². The molecular formula is C14H18O9. The molecular weight excluding hydrogens is 312 g/mol. The van der Waals surface area contributed by atoms with Crippen molar-refractivity contribution < 1.29 is 43.9 Å². The van der Waals surface area contributed by atoms with Crippen LogP contribution in [0.15, 0.2) is 24.4 Å². The molecule has 0 fully saturated rings. The average Bonchev–Trinajstić information content (AvgIpc) is 2.77. The van der Waals surface area contributed by atoms with Crippen molar-refractivity contribution in [3.05, 3.63) is 24.4 Å². The molecule has 0 spiro atoms. The lowest BCUT2D eigenvalue weighted by Crippen LogP contribution is -2.33. The van der Waals surface area contributed by atoms with E-state index in [2.05, 4.69) is 16.1 Å². The molecule has 1 rings (SSSR count). The van der Waals surface area contributed by atoms with E-state index in [9.17, 15) is 24.6 Å². The number of cyclic esters (lactones) is 1. The maximum Gasteiger partial charge on any atom is 0.377 e. The molecule has 0 aromatic heterocycles. The van der Waals surface area contributed by atoms with Crippen LogP contribution in [0.2, 0.25) is 0 Å². The van der Waals surface area contributed by atoms with Gasteiger partial charge in [0.1, 0.15) is 12.7 Å². The number of aliphatic hydroxyl groups excluding tert-OH is 3. The molecule has 1 aliphatic heterocycles. The molecule has 9 nitrogen and oxygen atoms in total. The molecule has 9 heteroatoms.